The maximum absolute atomic E-state index is 11.7. The summed E-state index contributed by atoms with van der Waals surface area (Å²) in [6, 6.07) is 0. The Morgan fingerprint density at radius 2 is 1.87 bits per heavy atom. The van der Waals surface area contributed by atoms with E-state index in [4.69, 9.17) is 4.74 Å². The Morgan fingerprint density at radius 3 is 2.33 bits per heavy atom. The molecule has 0 atom stereocenters. The predicted octanol–water partition coefficient (Wildman–Crippen LogP) is 0.823. The van der Waals surface area contributed by atoms with E-state index < -0.39 is 0 Å². The van der Waals surface area contributed by atoms with Crippen LogP contribution >= 0.6 is 0 Å². The number of methoxy groups -OCH3 is 1. The van der Waals surface area contributed by atoms with Gasteiger partial charge in [-0.05, 0) is 27.3 Å². The first-order chi connectivity index (χ1) is 7.15. The number of hydrogen-bond acceptors (Lipinski definition) is 3. The molecule has 0 bridgehead atoms. The molecule has 0 aromatic heterocycles. The van der Waals surface area contributed by atoms with E-state index >= 15 is 0 Å². The third kappa shape index (κ3) is 6.47. The average Bonchev–Trinajstić information content (AvgIpc) is 2.20. The summed E-state index contributed by atoms with van der Waals surface area (Å²) in [4.78, 5) is 15.6. The summed E-state index contributed by atoms with van der Waals surface area (Å²) in [7, 11) is 3.66. The number of carbonyl (C=O) groups is 1. The molecule has 0 aliphatic heterocycles. The smallest absolute Gasteiger partial charge is 0.236 e. The first-order valence-electron chi connectivity index (χ1n) is 5.60. The van der Waals surface area contributed by atoms with Crippen LogP contribution in [-0.4, -0.2) is 62.7 Å². The summed E-state index contributed by atoms with van der Waals surface area (Å²) < 4.78 is 4.96. The molecule has 0 N–H and O–H groups in total. The lowest BCUT2D eigenvalue weighted by atomic mass is 10.4. The van der Waals surface area contributed by atoms with Gasteiger partial charge in [0.2, 0.25) is 5.91 Å². The van der Waals surface area contributed by atoms with Crippen LogP contribution < -0.4 is 0 Å². The van der Waals surface area contributed by atoms with E-state index in [1.165, 1.54) is 0 Å². The zero-order chi connectivity index (χ0) is 11.7. The van der Waals surface area contributed by atoms with E-state index in [0.717, 1.165) is 32.7 Å². The molecule has 15 heavy (non-hydrogen) atoms. The standard InChI is InChI=1S/C11H24N2O2/c1-5-13(6-2)11(14)10-12(3)8-7-9-15-4/h5-10H2,1-4H3. The molecule has 0 aliphatic rings. The van der Waals surface area contributed by atoms with Gasteiger partial charge in [0, 0.05) is 33.4 Å². The summed E-state index contributed by atoms with van der Waals surface area (Å²) in [5.74, 6) is 0.208. The monoisotopic (exact) mass is 216 g/mol. The lowest BCUT2D eigenvalue weighted by Crippen LogP contribution is -2.39. The third-order valence-corrected chi connectivity index (χ3v) is 2.41. The lowest BCUT2D eigenvalue weighted by Gasteiger charge is -2.22. The Morgan fingerprint density at radius 1 is 1.27 bits per heavy atom. The van der Waals surface area contributed by atoms with Crippen molar-refractivity contribution in [2.45, 2.75) is 20.3 Å². The Labute approximate surface area is 93.2 Å². The van der Waals surface area contributed by atoms with Crippen LogP contribution in [0.2, 0.25) is 0 Å². The summed E-state index contributed by atoms with van der Waals surface area (Å²) in [6.45, 7) is 7.76. The van der Waals surface area contributed by atoms with E-state index in [1.54, 1.807) is 7.11 Å². The molecule has 0 aromatic rings. The van der Waals surface area contributed by atoms with Crippen LogP contribution in [0, 0.1) is 0 Å². The highest BCUT2D eigenvalue weighted by Gasteiger charge is 2.11. The summed E-state index contributed by atoms with van der Waals surface area (Å²) in [5, 5.41) is 0. The Hall–Kier alpha value is -0.610. The van der Waals surface area contributed by atoms with Crippen LogP contribution in [0.4, 0.5) is 0 Å². The van der Waals surface area contributed by atoms with Crippen molar-refractivity contribution in [3.63, 3.8) is 0 Å². The molecule has 0 saturated heterocycles. The maximum Gasteiger partial charge on any atom is 0.236 e. The molecule has 0 fully saturated rings. The van der Waals surface area contributed by atoms with Crippen molar-refractivity contribution in [2.24, 2.45) is 0 Å². The van der Waals surface area contributed by atoms with Crippen molar-refractivity contribution in [1.82, 2.24) is 9.80 Å². The molecule has 4 nitrogen and oxygen atoms in total. The van der Waals surface area contributed by atoms with Gasteiger partial charge >= 0.3 is 0 Å². The van der Waals surface area contributed by atoms with Crippen molar-refractivity contribution in [3.8, 4) is 0 Å². The number of amides is 1. The SMILES string of the molecule is CCN(CC)C(=O)CN(C)CCCOC. The molecule has 0 heterocycles. The van der Waals surface area contributed by atoms with Crippen molar-refractivity contribution in [2.75, 3.05) is 46.9 Å². The fourth-order valence-electron chi connectivity index (χ4n) is 1.47. The number of nitrogens with zero attached hydrogens (tertiary/aromatic N) is 2. The van der Waals surface area contributed by atoms with Crippen molar-refractivity contribution in [3.05, 3.63) is 0 Å². The summed E-state index contributed by atoms with van der Waals surface area (Å²) in [5.41, 5.74) is 0. The van der Waals surface area contributed by atoms with Crippen LogP contribution in [-0.2, 0) is 9.53 Å². The predicted molar refractivity (Wildman–Crippen MR) is 61.9 cm³/mol. The van der Waals surface area contributed by atoms with Gasteiger partial charge in [-0.2, -0.15) is 0 Å². The second-order valence-corrected chi connectivity index (χ2v) is 3.65. The topological polar surface area (TPSA) is 32.8 Å². The highest BCUT2D eigenvalue weighted by molar-refractivity contribution is 5.78. The van der Waals surface area contributed by atoms with Gasteiger partial charge in [0.15, 0.2) is 0 Å². The largest absolute Gasteiger partial charge is 0.385 e. The molecule has 0 unspecified atom stereocenters. The number of carbonyl (C=O) groups excluding carboxylic acids is 1. The molecule has 0 spiro atoms. The van der Waals surface area contributed by atoms with Crippen LogP contribution in [0.1, 0.15) is 20.3 Å². The van der Waals surface area contributed by atoms with Crippen LogP contribution in [0.5, 0.6) is 0 Å². The normalized spacial score (nSPS) is 10.7. The van der Waals surface area contributed by atoms with Crippen LogP contribution in [0.3, 0.4) is 0 Å². The van der Waals surface area contributed by atoms with Gasteiger partial charge in [0.25, 0.3) is 0 Å². The number of likely N-dealkylation sites (N-methyl/N-ethyl adjacent to an activating group) is 2. The van der Waals surface area contributed by atoms with Gasteiger partial charge in [-0.3, -0.25) is 9.69 Å². The Kier molecular flexibility index (Phi) is 8.33. The van der Waals surface area contributed by atoms with E-state index in [2.05, 4.69) is 0 Å². The van der Waals surface area contributed by atoms with Gasteiger partial charge in [-0.15, -0.1) is 0 Å². The Bertz CT molecular complexity index is 170. The fourth-order valence-corrected chi connectivity index (χ4v) is 1.47. The zero-order valence-corrected chi connectivity index (χ0v) is 10.5. The quantitative estimate of drug-likeness (QED) is 0.563. The first-order valence-corrected chi connectivity index (χ1v) is 5.60. The first kappa shape index (κ1) is 14.4. The minimum Gasteiger partial charge on any atom is -0.385 e. The van der Waals surface area contributed by atoms with Gasteiger partial charge < -0.3 is 9.64 Å². The molecule has 0 radical (unpaired) electrons. The van der Waals surface area contributed by atoms with Gasteiger partial charge in [0.05, 0.1) is 6.54 Å². The molecule has 4 heteroatoms. The molecule has 0 saturated carbocycles. The van der Waals surface area contributed by atoms with Gasteiger partial charge in [0.1, 0.15) is 0 Å². The lowest BCUT2D eigenvalue weighted by molar-refractivity contribution is -0.131. The zero-order valence-electron chi connectivity index (χ0n) is 10.5. The van der Waals surface area contributed by atoms with E-state index in [-0.39, 0.29) is 5.91 Å². The molecule has 0 rings (SSSR count). The van der Waals surface area contributed by atoms with Crippen molar-refractivity contribution in [1.29, 1.82) is 0 Å². The Balaban J connectivity index is 3.74. The molecule has 0 aliphatic carbocycles. The van der Waals surface area contributed by atoms with E-state index in [1.807, 2.05) is 30.7 Å². The van der Waals surface area contributed by atoms with E-state index in [0.29, 0.717) is 6.54 Å². The van der Waals surface area contributed by atoms with Gasteiger partial charge in [-0.1, -0.05) is 0 Å². The molecule has 90 valence electrons. The highest BCUT2D eigenvalue weighted by atomic mass is 16.5. The minimum atomic E-state index is 0.208. The van der Waals surface area contributed by atoms with Crippen LogP contribution in [0.15, 0.2) is 0 Å². The third-order valence-electron chi connectivity index (χ3n) is 2.41. The highest BCUT2D eigenvalue weighted by Crippen LogP contribution is 1.93. The number of hydrogen-bond donors (Lipinski definition) is 0. The van der Waals surface area contributed by atoms with Crippen molar-refractivity contribution < 1.29 is 9.53 Å². The maximum atomic E-state index is 11.7. The second-order valence-electron chi connectivity index (χ2n) is 3.65. The van der Waals surface area contributed by atoms with Crippen molar-refractivity contribution >= 4 is 5.91 Å². The molecule has 0 aromatic carbocycles. The fraction of sp³-hybridized carbons (Fsp3) is 0.909. The summed E-state index contributed by atoms with van der Waals surface area (Å²) >= 11 is 0. The van der Waals surface area contributed by atoms with Crippen LogP contribution in [0.25, 0.3) is 0 Å². The number of ether oxygens (including phenoxy) is 1. The number of rotatable bonds is 8. The molecular weight excluding hydrogens is 192 g/mol. The molecular formula is C11H24N2O2. The average molecular weight is 216 g/mol. The van der Waals surface area contributed by atoms with E-state index in [9.17, 15) is 4.79 Å². The second kappa shape index (κ2) is 8.68. The molecule has 1 amide bonds. The summed E-state index contributed by atoms with van der Waals surface area (Å²) in [6.07, 6.45) is 0.971. The minimum absolute atomic E-state index is 0.208. The van der Waals surface area contributed by atoms with Gasteiger partial charge in [-0.25, -0.2) is 0 Å².